The van der Waals surface area contributed by atoms with E-state index >= 15 is 0 Å². The van der Waals surface area contributed by atoms with Crippen molar-refractivity contribution in [3.63, 3.8) is 0 Å². The summed E-state index contributed by atoms with van der Waals surface area (Å²) in [4.78, 5) is 21.8. The predicted molar refractivity (Wildman–Crippen MR) is 101 cm³/mol. The Morgan fingerprint density at radius 1 is 1.16 bits per heavy atom. The molecule has 2 rings (SSSR count). The molecular formula is C17H26N6O2. The van der Waals surface area contributed by atoms with Crippen LogP contribution in [0.3, 0.4) is 0 Å². The van der Waals surface area contributed by atoms with Gasteiger partial charge in [-0.05, 0) is 39.0 Å². The van der Waals surface area contributed by atoms with Crippen LogP contribution in [0.1, 0.15) is 27.2 Å². The molecule has 0 fully saturated rings. The molecule has 0 bridgehead atoms. The SMILES string of the molecule is CCNc1cc2ncnc(NCCCN(CC)CC)c2cc1[N+](=O)[O-]. The van der Waals surface area contributed by atoms with E-state index in [4.69, 9.17) is 0 Å². The Morgan fingerprint density at radius 3 is 2.56 bits per heavy atom. The second-order valence-corrected chi connectivity index (χ2v) is 5.70. The van der Waals surface area contributed by atoms with Gasteiger partial charge in [0.15, 0.2) is 0 Å². The number of fused-ring (bicyclic) bond motifs is 1. The summed E-state index contributed by atoms with van der Waals surface area (Å²) in [6.07, 6.45) is 2.46. The molecule has 0 saturated heterocycles. The zero-order chi connectivity index (χ0) is 18.2. The summed E-state index contributed by atoms with van der Waals surface area (Å²) < 4.78 is 0. The number of anilines is 2. The number of benzene rings is 1. The molecule has 0 atom stereocenters. The highest BCUT2D eigenvalue weighted by Crippen LogP contribution is 2.31. The normalized spacial score (nSPS) is 11.0. The van der Waals surface area contributed by atoms with Crippen molar-refractivity contribution in [3.8, 4) is 0 Å². The van der Waals surface area contributed by atoms with Crippen LogP contribution in [-0.2, 0) is 0 Å². The Balaban J connectivity index is 2.20. The van der Waals surface area contributed by atoms with E-state index in [-0.39, 0.29) is 10.6 Å². The van der Waals surface area contributed by atoms with E-state index in [2.05, 4.69) is 39.3 Å². The van der Waals surface area contributed by atoms with E-state index in [1.807, 2.05) is 6.92 Å². The maximum atomic E-state index is 11.4. The Hall–Kier alpha value is -2.48. The molecule has 8 heteroatoms. The third-order valence-corrected chi connectivity index (χ3v) is 4.15. The molecule has 2 N–H and O–H groups in total. The smallest absolute Gasteiger partial charge is 0.293 e. The largest absolute Gasteiger partial charge is 0.380 e. The monoisotopic (exact) mass is 346 g/mol. The van der Waals surface area contributed by atoms with Gasteiger partial charge in [-0.1, -0.05) is 13.8 Å². The van der Waals surface area contributed by atoms with Gasteiger partial charge < -0.3 is 15.5 Å². The van der Waals surface area contributed by atoms with E-state index in [1.54, 1.807) is 12.1 Å². The van der Waals surface area contributed by atoms with Gasteiger partial charge >= 0.3 is 0 Å². The maximum Gasteiger partial charge on any atom is 0.293 e. The van der Waals surface area contributed by atoms with Crippen LogP contribution < -0.4 is 10.6 Å². The highest BCUT2D eigenvalue weighted by atomic mass is 16.6. The third kappa shape index (κ3) is 4.76. The number of nitrogens with zero attached hydrogens (tertiary/aromatic N) is 4. The molecule has 0 aliphatic carbocycles. The summed E-state index contributed by atoms with van der Waals surface area (Å²) in [6.45, 7) is 10.6. The van der Waals surface area contributed by atoms with Crippen LogP contribution in [-0.4, -0.2) is 52.5 Å². The first-order valence-electron chi connectivity index (χ1n) is 8.73. The molecular weight excluding hydrogens is 320 g/mol. The van der Waals surface area contributed by atoms with Crippen LogP contribution in [0.15, 0.2) is 18.5 Å². The summed E-state index contributed by atoms with van der Waals surface area (Å²) in [6, 6.07) is 3.25. The van der Waals surface area contributed by atoms with Crippen molar-refractivity contribution in [1.82, 2.24) is 14.9 Å². The molecule has 0 amide bonds. The molecule has 0 saturated carbocycles. The Kier molecular flexibility index (Phi) is 6.88. The number of nitro benzene ring substituents is 1. The average Bonchev–Trinajstić information content (AvgIpc) is 2.61. The Labute approximate surface area is 147 Å². The van der Waals surface area contributed by atoms with Crippen LogP contribution in [0, 0.1) is 10.1 Å². The van der Waals surface area contributed by atoms with E-state index in [9.17, 15) is 10.1 Å². The lowest BCUT2D eigenvalue weighted by molar-refractivity contribution is -0.383. The van der Waals surface area contributed by atoms with Crippen LogP contribution in [0.5, 0.6) is 0 Å². The lowest BCUT2D eigenvalue weighted by atomic mass is 10.1. The van der Waals surface area contributed by atoms with Gasteiger partial charge in [0.25, 0.3) is 5.69 Å². The van der Waals surface area contributed by atoms with Gasteiger partial charge in [-0.15, -0.1) is 0 Å². The van der Waals surface area contributed by atoms with Gasteiger partial charge in [0.1, 0.15) is 17.8 Å². The molecule has 25 heavy (non-hydrogen) atoms. The lowest BCUT2D eigenvalue weighted by Crippen LogP contribution is -2.25. The van der Waals surface area contributed by atoms with Crippen molar-refractivity contribution in [1.29, 1.82) is 0 Å². The quantitative estimate of drug-likeness (QED) is 0.387. The van der Waals surface area contributed by atoms with Crippen LogP contribution >= 0.6 is 0 Å². The third-order valence-electron chi connectivity index (χ3n) is 4.15. The zero-order valence-electron chi connectivity index (χ0n) is 15.1. The molecule has 0 aliphatic heterocycles. The number of nitro groups is 1. The molecule has 2 aromatic rings. The summed E-state index contributed by atoms with van der Waals surface area (Å²) in [5, 5.41) is 18.3. The van der Waals surface area contributed by atoms with Crippen molar-refractivity contribution in [2.45, 2.75) is 27.2 Å². The van der Waals surface area contributed by atoms with Crippen LogP contribution in [0.4, 0.5) is 17.2 Å². The number of hydrogen-bond donors (Lipinski definition) is 2. The van der Waals surface area contributed by atoms with E-state index in [0.717, 1.165) is 32.6 Å². The van der Waals surface area contributed by atoms with Gasteiger partial charge in [-0.3, -0.25) is 10.1 Å². The summed E-state index contributed by atoms with van der Waals surface area (Å²) in [5.41, 5.74) is 1.20. The lowest BCUT2D eigenvalue weighted by Gasteiger charge is -2.18. The molecule has 1 heterocycles. The molecule has 136 valence electrons. The van der Waals surface area contributed by atoms with Crippen LogP contribution in [0.25, 0.3) is 10.9 Å². The van der Waals surface area contributed by atoms with Crippen molar-refractivity contribution in [2.75, 3.05) is 43.4 Å². The number of aromatic nitrogens is 2. The molecule has 0 spiro atoms. The maximum absolute atomic E-state index is 11.4. The minimum absolute atomic E-state index is 0.0374. The standard InChI is InChI=1S/C17H26N6O2/c1-4-18-15-11-14-13(10-16(15)23(24)25)17(21-12-20-14)19-8-7-9-22(5-2)6-3/h10-12,18H,4-9H2,1-3H3,(H,19,20,21). The molecule has 0 radical (unpaired) electrons. The highest BCUT2D eigenvalue weighted by molar-refractivity contribution is 5.94. The fourth-order valence-corrected chi connectivity index (χ4v) is 2.76. The fraction of sp³-hybridized carbons (Fsp3) is 0.529. The van der Waals surface area contributed by atoms with Gasteiger partial charge in [-0.2, -0.15) is 0 Å². The van der Waals surface area contributed by atoms with Gasteiger partial charge in [0.05, 0.1) is 10.4 Å². The van der Waals surface area contributed by atoms with Gasteiger partial charge in [0, 0.05) is 24.5 Å². The molecule has 1 aromatic heterocycles. The molecule has 0 aliphatic rings. The molecule has 8 nitrogen and oxygen atoms in total. The minimum Gasteiger partial charge on any atom is -0.380 e. The van der Waals surface area contributed by atoms with Crippen molar-refractivity contribution in [2.24, 2.45) is 0 Å². The van der Waals surface area contributed by atoms with E-state index in [0.29, 0.717) is 29.0 Å². The second-order valence-electron chi connectivity index (χ2n) is 5.70. The van der Waals surface area contributed by atoms with Crippen molar-refractivity contribution < 1.29 is 4.92 Å². The number of hydrogen-bond acceptors (Lipinski definition) is 7. The van der Waals surface area contributed by atoms with Crippen molar-refractivity contribution in [3.05, 3.63) is 28.6 Å². The van der Waals surface area contributed by atoms with Crippen molar-refractivity contribution >= 4 is 28.1 Å². The van der Waals surface area contributed by atoms with Gasteiger partial charge in [0.2, 0.25) is 0 Å². The highest BCUT2D eigenvalue weighted by Gasteiger charge is 2.17. The number of rotatable bonds is 10. The first-order valence-corrected chi connectivity index (χ1v) is 8.73. The molecule has 0 unspecified atom stereocenters. The number of nitrogens with one attached hydrogen (secondary N) is 2. The first kappa shape index (κ1) is 18.9. The Morgan fingerprint density at radius 2 is 1.92 bits per heavy atom. The minimum atomic E-state index is -0.380. The summed E-state index contributed by atoms with van der Waals surface area (Å²) in [5.74, 6) is 0.635. The van der Waals surface area contributed by atoms with E-state index < -0.39 is 0 Å². The van der Waals surface area contributed by atoms with Crippen LogP contribution in [0.2, 0.25) is 0 Å². The Bertz CT molecular complexity index is 718. The summed E-state index contributed by atoms with van der Waals surface area (Å²) in [7, 11) is 0. The average molecular weight is 346 g/mol. The predicted octanol–water partition coefficient (Wildman–Crippen LogP) is 3.11. The molecule has 1 aromatic carbocycles. The first-order chi connectivity index (χ1) is 12.1. The fourth-order valence-electron chi connectivity index (χ4n) is 2.76. The van der Waals surface area contributed by atoms with E-state index in [1.165, 1.54) is 6.33 Å². The topological polar surface area (TPSA) is 96.2 Å². The van der Waals surface area contributed by atoms with Gasteiger partial charge in [-0.25, -0.2) is 9.97 Å². The summed E-state index contributed by atoms with van der Waals surface area (Å²) >= 11 is 0. The zero-order valence-corrected chi connectivity index (χ0v) is 15.1. The second kappa shape index (κ2) is 9.12.